The number of rotatable bonds is 8. The van der Waals surface area contributed by atoms with Gasteiger partial charge in [0.1, 0.15) is 12.4 Å². The smallest absolute Gasteiger partial charge is 0.234 e. The number of para-hydroxylation sites is 1. The van der Waals surface area contributed by atoms with Gasteiger partial charge in [0.15, 0.2) is 11.0 Å². The summed E-state index contributed by atoms with van der Waals surface area (Å²) < 4.78 is 9.50. The molecule has 0 unspecified atom stereocenters. The lowest BCUT2D eigenvalue weighted by atomic mass is 10.2. The van der Waals surface area contributed by atoms with Crippen molar-refractivity contribution in [2.45, 2.75) is 25.6 Å². The first-order chi connectivity index (χ1) is 16.4. The number of nitrogens with one attached hydrogen (secondary N) is 1. The highest BCUT2D eigenvalue weighted by Crippen LogP contribution is 2.32. The molecule has 0 fully saturated rings. The van der Waals surface area contributed by atoms with Crippen molar-refractivity contribution in [3.05, 3.63) is 92.6 Å². The first-order valence-electron chi connectivity index (χ1n) is 10.5. The standard InChI is InChI=1S/C25H22Br2N4O2S/c1-16-8-10-19(11-9-16)33-14-22-29-30-25(31(22)18-6-4-3-5-7-18)34-15-23(32)28-24-20(26)12-17(2)13-21(24)27/h3-13H,14-15H2,1-2H3,(H,28,32). The van der Waals surface area contributed by atoms with E-state index in [1.165, 1.54) is 17.3 Å². The Labute approximate surface area is 219 Å². The van der Waals surface area contributed by atoms with Crippen molar-refractivity contribution < 1.29 is 9.53 Å². The molecule has 1 aromatic heterocycles. The summed E-state index contributed by atoms with van der Waals surface area (Å²) in [7, 11) is 0. The second kappa shape index (κ2) is 11.2. The van der Waals surface area contributed by atoms with Crippen LogP contribution in [-0.4, -0.2) is 26.4 Å². The molecule has 0 atom stereocenters. The quantitative estimate of drug-likeness (QED) is 0.227. The van der Waals surface area contributed by atoms with E-state index in [0.717, 1.165) is 25.9 Å². The largest absolute Gasteiger partial charge is 0.486 e. The van der Waals surface area contributed by atoms with Gasteiger partial charge in [0, 0.05) is 14.6 Å². The molecule has 1 N–H and O–H groups in total. The van der Waals surface area contributed by atoms with Gasteiger partial charge in [-0.05, 0) is 87.7 Å². The van der Waals surface area contributed by atoms with Crippen LogP contribution in [0.5, 0.6) is 5.75 Å². The Morgan fingerprint density at radius 3 is 2.32 bits per heavy atom. The molecule has 4 aromatic rings. The Morgan fingerprint density at radius 2 is 1.65 bits per heavy atom. The maximum Gasteiger partial charge on any atom is 0.234 e. The number of hydrogen-bond donors (Lipinski definition) is 1. The molecule has 3 aromatic carbocycles. The van der Waals surface area contributed by atoms with E-state index in [4.69, 9.17) is 4.74 Å². The van der Waals surface area contributed by atoms with E-state index in [2.05, 4.69) is 47.4 Å². The highest BCUT2D eigenvalue weighted by atomic mass is 79.9. The third kappa shape index (κ3) is 6.08. The van der Waals surface area contributed by atoms with Gasteiger partial charge in [-0.3, -0.25) is 9.36 Å². The van der Waals surface area contributed by atoms with Crippen LogP contribution in [0.25, 0.3) is 5.69 Å². The van der Waals surface area contributed by atoms with E-state index in [9.17, 15) is 4.79 Å². The minimum absolute atomic E-state index is 0.143. The molecule has 0 saturated heterocycles. The summed E-state index contributed by atoms with van der Waals surface area (Å²) in [5, 5.41) is 12.3. The molecule has 9 heteroatoms. The molecule has 4 rings (SSSR count). The molecule has 0 saturated carbocycles. The molecular formula is C25H22Br2N4O2S. The number of aryl methyl sites for hydroxylation is 2. The maximum atomic E-state index is 12.7. The minimum Gasteiger partial charge on any atom is -0.486 e. The lowest BCUT2D eigenvalue weighted by molar-refractivity contribution is -0.113. The van der Waals surface area contributed by atoms with E-state index < -0.39 is 0 Å². The van der Waals surface area contributed by atoms with Crippen LogP contribution in [0.15, 0.2) is 80.8 Å². The van der Waals surface area contributed by atoms with Gasteiger partial charge in [0.25, 0.3) is 0 Å². The van der Waals surface area contributed by atoms with Crippen LogP contribution in [0.1, 0.15) is 17.0 Å². The Balaban J connectivity index is 1.50. The number of nitrogens with zero attached hydrogens (tertiary/aromatic N) is 3. The summed E-state index contributed by atoms with van der Waals surface area (Å²) in [6.45, 7) is 4.28. The number of amides is 1. The second-order valence-electron chi connectivity index (χ2n) is 7.61. The third-order valence-corrected chi connectivity index (χ3v) is 7.07. The number of anilines is 1. The van der Waals surface area contributed by atoms with Crippen LogP contribution in [0.2, 0.25) is 0 Å². The van der Waals surface area contributed by atoms with Crippen molar-refractivity contribution in [3.8, 4) is 11.4 Å². The average Bonchev–Trinajstić information content (AvgIpc) is 3.23. The summed E-state index contributed by atoms with van der Waals surface area (Å²) in [6, 6.07) is 21.6. The van der Waals surface area contributed by atoms with E-state index in [0.29, 0.717) is 16.7 Å². The molecule has 1 amide bonds. The number of aromatic nitrogens is 3. The van der Waals surface area contributed by atoms with Gasteiger partial charge in [0.2, 0.25) is 5.91 Å². The van der Waals surface area contributed by atoms with Crippen LogP contribution in [0, 0.1) is 13.8 Å². The number of ether oxygens (including phenoxy) is 1. The van der Waals surface area contributed by atoms with Crippen LogP contribution < -0.4 is 10.1 Å². The minimum atomic E-state index is -0.143. The van der Waals surface area contributed by atoms with Crippen molar-refractivity contribution in [1.29, 1.82) is 0 Å². The SMILES string of the molecule is Cc1ccc(OCc2nnc(SCC(=O)Nc3c(Br)cc(C)cc3Br)n2-c2ccccc2)cc1. The van der Waals surface area contributed by atoms with Gasteiger partial charge in [-0.2, -0.15) is 0 Å². The Bertz CT molecular complexity index is 1270. The molecule has 174 valence electrons. The molecule has 34 heavy (non-hydrogen) atoms. The first-order valence-corrected chi connectivity index (χ1v) is 13.1. The van der Waals surface area contributed by atoms with Gasteiger partial charge in [-0.1, -0.05) is 47.7 Å². The zero-order valence-corrected chi connectivity index (χ0v) is 22.6. The zero-order chi connectivity index (χ0) is 24.1. The number of halogens is 2. The van der Waals surface area contributed by atoms with Crippen LogP contribution in [0.4, 0.5) is 5.69 Å². The van der Waals surface area contributed by atoms with E-state index in [1.54, 1.807) is 0 Å². The lowest BCUT2D eigenvalue weighted by Crippen LogP contribution is -2.15. The maximum absolute atomic E-state index is 12.7. The fourth-order valence-electron chi connectivity index (χ4n) is 3.23. The predicted octanol–water partition coefficient (Wildman–Crippen LogP) is 6.72. The molecule has 0 aliphatic carbocycles. The number of carbonyl (C=O) groups excluding carboxylic acids is 1. The molecule has 0 radical (unpaired) electrons. The van der Waals surface area contributed by atoms with Crippen molar-refractivity contribution >= 4 is 55.2 Å². The number of benzene rings is 3. The molecule has 0 spiro atoms. The Morgan fingerprint density at radius 1 is 0.971 bits per heavy atom. The fraction of sp³-hybridized carbons (Fsp3) is 0.160. The molecule has 1 heterocycles. The number of carbonyl (C=O) groups is 1. The molecule has 0 bridgehead atoms. The summed E-state index contributed by atoms with van der Waals surface area (Å²) in [4.78, 5) is 12.7. The van der Waals surface area contributed by atoms with Gasteiger partial charge < -0.3 is 10.1 Å². The Hall–Kier alpha value is -2.62. The third-order valence-electron chi connectivity index (χ3n) is 4.89. The monoisotopic (exact) mass is 600 g/mol. The lowest BCUT2D eigenvalue weighted by Gasteiger charge is -2.12. The highest BCUT2D eigenvalue weighted by molar-refractivity contribution is 9.11. The van der Waals surface area contributed by atoms with E-state index in [-0.39, 0.29) is 18.3 Å². The molecular weight excluding hydrogens is 580 g/mol. The molecule has 6 nitrogen and oxygen atoms in total. The summed E-state index contributed by atoms with van der Waals surface area (Å²) in [6.07, 6.45) is 0. The van der Waals surface area contributed by atoms with Crippen molar-refractivity contribution in [3.63, 3.8) is 0 Å². The van der Waals surface area contributed by atoms with Crippen LogP contribution in [-0.2, 0) is 11.4 Å². The van der Waals surface area contributed by atoms with Gasteiger partial charge in [-0.15, -0.1) is 10.2 Å². The van der Waals surface area contributed by atoms with Gasteiger partial charge in [0.05, 0.1) is 11.4 Å². The van der Waals surface area contributed by atoms with Crippen LogP contribution in [0.3, 0.4) is 0 Å². The van der Waals surface area contributed by atoms with E-state index in [1.807, 2.05) is 85.1 Å². The van der Waals surface area contributed by atoms with Gasteiger partial charge in [-0.25, -0.2) is 0 Å². The predicted molar refractivity (Wildman–Crippen MR) is 143 cm³/mol. The average molecular weight is 602 g/mol. The number of hydrogen-bond acceptors (Lipinski definition) is 5. The van der Waals surface area contributed by atoms with Crippen LogP contribution >= 0.6 is 43.6 Å². The Kier molecular flexibility index (Phi) is 8.07. The second-order valence-corrected chi connectivity index (χ2v) is 10.3. The number of thioether (sulfide) groups is 1. The fourth-order valence-corrected chi connectivity index (χ4v) is 5.62. The highest BCUT2D eigenvalue weighted by Gasteiger charge is 2.17. The summed E-state index contributed by atoms with van der Waals surface area (Å²) >= 11 is 8.35. The van der Waals surface area contributed by atoms with E-state index >= 15 is 0 Å². The first kappa shape index (κ1) is 24.5. The van der Waals surface area contributed by atoms with Crippen molar-refractivity contribution in [1.82, 2.24) is 14.8 Å². The van der Waals surface area contributed by atoms with Crippen molar-refractivity contribution in [2.24, 2.45) is 0 Å². The van der Waals surface area contributed by atoms with Gasteiger partial charge >= 0.3 is 0 Å². The molecule has 0 aliphatic rings. The zero-order valence-electron chi connectivity index (χ0n) is 18.6. The normalized spacial score (nSPS) is 10.8. The summed E-state index contributed by atoms with van der Waals surface area (Å²) in [5.74, 6) is 1.45. The summed E-state index contributed by atoms with van der Waals surface area (Å²) in [5.41, 5.74) is 3.86. The van der Waals surface area contributed by atoms with Crippen molar-refractivity contribution in [2.75, 3.05) is 11.1 Å². The molecule has 0 aliphatic heterocycles. The topological polar surface area (TPSA) is 69.0 Å².